The van der Waals surface area contributed by atoms with E-state index in [0.29, 0.717) is 13.1 Å². The van der Waals surface area contributed by atoms with Gasteiger partial charge < -0.3 is 19.7 Å². The van der Waals surface area contributed by atoms with Gasteiger partial charge in [-0.25, -0.2) is 9.78 Å². The smallest absolute Gasteiger partial charge is 0.335 e. The van der Waals surface area contributed by atoms with Crippen molar-refractivity contribution in [3.05, 3.63) is 71.9 Å². The van der Waals surface area contributed by atoms with Crippen LogP contribution in [0.5, 0.6) is 5.75 Å². The zero-order valence-corrected chi connectivity index (χ0v) is 20.4. The number of benzene rings is 2. The number of nitrogens with one attached hydrogen (secondary N) is 1. The van der Waals surface area contributed by atoms with Crippen molar-refractivity contribution >= 4 is 22.9 Å². The molecule has 1 saturated heterocycles. The number of aromatic carboxylic acids is 1. The number of methoxy groups -OCH3 is 1. The molecule has 1 amide bonds. The van der Waals surface area contributed by atoms with Gasteiger partial charge in [0, 0.05) is 49.9 Å². The lowest BCUT2D eigenvalue weighted by Gasteiger charge is -2.33. The Morgan fingerprint density at radius 2 is 1.81 bits per heavy atom. The van der Waals surface area contributed by atoms with Gasteiger partial charge >= 0.3 is 5.97 Å². The Kier molecular flexibility index (Phi) is 6.62. The Hall–Kier alpha value is -4.61. The molecule has 0 saturated carbocycles. The molecule has 3 heterocycles. The molecule has 2 N–H and O–H groups in total. The van der Waals surface area contributed by atoms with Crippen LogP contribution in [0, 0.1) is 12.3 Å². The third kappa shape index (κ3) is 4.90. The normalized spacial score (nSPS) is 13.9. The molecule has 2 aromatic heterocycles. The van der Waals surface area contributed by atoms with E-state index in [4.69, 9.17) is 11.2 Å². The van der Waals surface area contributed by atoms with E-state index in [1.807, 2.05) is 24.3 Å². The molecule has 8 heteroatoms. The highest BCUT2D eigenvalue weighted by Crippen LogP contribution is 2.35. The fourth-order valence-electron chi connectivity index (χ4n) is 4.74. The number of hydrogen-bond donors (Lipinski definition) is 2. The predicted molar refractivity (Wildman–Crippen MR) is 141 cm³/mol. The number of carbonyl (C=O) groups is 2. The number of H-pyrrole nitrogens is 1. The highest BCUT2D eigenvalue weighted by atomic mass is 16.5. The number of aromatic nitrogens is 2. The number of pyridine rings is 1. The van der Waals surface area contributed by atoms with Crippen molar-refractivity contribution in [3.8, 4) is 40.5 Å². The summed E-state index contributed by atoms with van der Waals surface area (Å²) < 4.78 is 5.67. The second-order valence-corrected chi connectivity index (χ2v) is 8.93. The number of fused-ring (bicyclic) bond motifs is 1. The molecular formula is C29H26N4O4. The molecule has 186 valence electrons. The largest absolute Gasteiger partial charge is 0.496 e. The average Bonchev–Trinajstić information content (AvgIpc) is 3.37. The topological polar surface area (TPSA) is 98.8 Å². The molecule has 0 unspecified atom stereocenters. The first-order valence-electron chi connectivity index (χ1n) is 11.9. The van der Waals surface area contributed by atoms with E-state index in [-0.39, 0.29) is 11.5 Å². The summed E-state index contributed by atoms with van der Waals surface area (Å²) in [5, 5.41) is 10.1. The minimum Gasteiger partial charge on any atom is -0.496 e. The molecular weight excluding hydrogens is 468 g/mol. The Morgan fingerprint density at radius 3 is 2.49 bits per heavy atom. The van der Waals surface area contributed by atoms with Gasteiger partial charge in [0.25, 0.3) is 5.91 Å². The summed E-state index contributed by atoms with van der Waals surface area (Å²) in [6, 6.07) is 16.9. The van der Waals surface area contributed by atoms with Gasteiger partial charge in [0.1, 0.15) is 11.4 Å². The van der Waals surface area contributed by atoms with Crippen molar-refractivity contribution in [1.82, 2.24) is 19.8 Å². The molecule has 1 fully saturated rings. The number of amides is 1. The lowest BCUT2D eigenvalue weighted by molar-refractivity contribution is -0.126. The van der Waals surface area contributed by atoms with Crippen LogP contribution in [0.3, 0.4) is 0 Å². The first-order chi connectivity index (χ1) is 18.0. The second kappa shape index (κ2) is 10.2. The minimum atomic E-state index is -0.953. The van der Waals surface area contributed by atoms with Crippen LogP contribution >= 0.6 is 0 Å². The predicted octanol–water partition coefficient (Wildman–Crippen LogP) is 3.88. The maximum atomic E-state index is 11.8. The number of ether oxygens (including phenoxy) is 1. The van der Waals surface area contributed by atoms with Crippen molar-refractivity contribution in [1.29, 1.82) is 0 Å². The van der Waals surface area contributed by atoms with Gasteiger partial charge in [-0.3, -0.25) is 9.69 Å². The Balaban J connectivity index is 1.43. The number of nitrogens with zero attached hydrogens (tertiary/aromatic N) is 3. The lowest BCUT2D eigenvalue weighted by atomic mass is 10.0. The SMILES string of the molecule is C#CC(=O)N1CCN(Cc2ccc(OC)c(-c3cc4c(-c5ccc(C(=O)O)cc5)ccnc4[nH]3)c2)CC1. The van der Waals surface area contributed by atoms with Gasteiger partial charge in [-0.05, 0) is 59.0 Å². The Morgan fingerprint density at radius 1 is 1.05 bits per heavy atom. The van der Waals surface area contributed by atoms with Crippen LogP contribution in [-0.2, 0) is 11.3 Å². The maximum absolute atomic E-state index is 11.8. The fraction of sp³-hybridized carbons (Fsp3) is 0.207. The summed E-state index contributed by atoms with van der Waals surface area (Å²) in [7, 11) is 1.65. The van der Waals surface area contributed by atoms with Gasteiger partial charge in [-0.2, -0.15) is 0 Å². The van der Waals surface area contributed by atoms with Crippen LogP contribution in [0.15, 0.2) is 60.8 Å². The summed E-state index contributed by atoms with van der Waals surface area (Å²) in [6.45, 7) is 3.50. The molecule has 8 nitrogen and oxygen atoms in total. The molecule has 0 radical (unpaired) electrons. The third-order valence-electron chi connectivity index (χ3n) is 6.72. The van der Waals surface area contributed by atoms with Gasteiger partial charge in [-0.1, -0.05) is 18.2 Å². The van der Waals surface area contributed by atoms with Crippen molar-refractivity contribution in [2.75, 3.05) is 33.3 Å². The molecule has 1 aliphatic rings. The van der Waals surface area contributed by atoms with E-state index in [1.54, 1.807) is 30.3 Å². The summed E-state index contributed by atoms with van der Waals surface area (Å²) in [5.74, 6) is 1.73. The van der Waals surface area contributed by atoms with Gasteiger partial charge in [-0.15, -0.1) is 6.42 Å². The lowest BCUT2D eigenvalue weighted by Crippen LogP contribution is -2.47. The number of carbonyl (C=O) groups excluding carboxylic acids is 1. The zero-order chi connectivity index (χ0) is 25.9. The van der Waals surface area contributed by atoms with Crippen LogP contribution in [0.25, 0.3) is 33.4 Å². The highest BCUT2D eigenvalue weighted by molar-refractivity contribution is 5.97. The number of carboxylic acid groups (broad SMARTS) is 1. The average molecular weight is 495 g/mol. The number of aromatic amines is 1. The van der Waals surface area contributed by atoms with E-state index < -0.39 is 5.97 Å². The molecule has 0 aliphatic carbocycles. The number of piperazine rings is 1. The van der Waals surface area contributed by atoms with Gasteiger partial charge in [0.05, 0.1) is 18.4 Å². The van der Waals surface area contributed by atoms with Crippen LogP contribution < -0.4 is 4.74 Å². The summed E-state index contributed by atoms with van der Waals surface area (Å²) in [6.07, 6.45) is 6.99. The second-order valence-electron chi connectivity index (χ2n) is 8.93. The Labute approximate surface area is 214 Å². The number of terminal acetylenes is 1. The van der Waals surface area contributed by atoms with Crippen LogP contribution in [0.1, 0.15) is 15.9 Å². The summed E-state index contributed by atoms with van der Waals surface area (Å²) >= 11 is 0. The van der Waals surface area contributed by atoms with Gasteiger partial charge in [0.15, 0.2) is 0 Å². The van der Waals surface area contributed by atoms with Crippen molar-refractivity contribution in [2.24, 2.45) is 0 Å². The number of carboxylic acids is 1. The number of rotatable bonds is 6. The first-order valence-corrected chi connectivity index (χ1v) is 11.9. The minimum absolute atomic E-state index is 0.245. The standard InChI is InChI=1S/C29H26N4O4/c1-3-27(34)33-14-12-32(13-15-33)18-19-4-9-26(37-2)24(16-19)25-17-23-22(10-11-30-28(23)31-25)20-5-7-21(8-6-20)29(35)36/h1,4-11,16-17H,12-15,18H2,2H3,(H,30,31)(H,35,36). The quantitative estimate of drug-likeness (QED) is 0.395. The van der Waals surface area contributed by atoms with E-state index >= 15 is 0 Å². The first kappa shape index (κ1) is 24.1. The summed E-state index contributed by atoms with van der Waals surface area (Å²) in [4.78, 5) is 34.9. The summed E-state index contributed by atoms with van der Waals surface area (Å²) in [5.41, 5.74) is 5.77. The highest BCUT2D eigenvalue weighted by Gasteiger charge is 2.21. The van der Waals surface area contributed by atoms with E-state index in [1.165, 1.54) is 0 Å². The van der Waals surface area contributed by atoms with E-state index in [2.05, 4.69) is 39.0 Å². The molecule has 0 bridgehead atoms. The molecule has 0 spiro atoms. The van der Waals surface area contributed by atoms with Crippen LogP contribution in [0.2, 0.25) is 0 Å². The zero-order valence-electron chi connectivity index (χ0n) is 20.4. The molecule has 4 aromatic rings. The van der Waals surface area contributed by atoms with Crippen molar-refractivity contribution < 1.29 is 19.4 Å². The molecule has 1 aliphatic heterocycles. The fourth-order valence-corrected chi connectivity index (χ4v) is 4.74. The maximum Gasteiger partial charge on any atom is 0.335 e. The van der Waals surface area contributed by atoms with E-state index in [0.717, 1.165) is 64.4 Å². The molecule has 2 aromatic carbocycles. The van der Waals surface area contributed by atoms with E-state index in [9.17, 15) is 14.7 Å². The Bertz CT molecular complexity index is 1510. The number of hydrogen-bond acceptors (Lipinski definition) is 5. The van der Waals surface area contributed by atoms with Crippen molar-refractivity contribution in [2.45, 2.75) is 6.54 Å². The third-order valence-corrected chi connectivity index (χ3v) is 6.72. The van der Waals surface area contributed by atoms with Crippen LogP contribution in [0.4, 0.5) is 0 Å². The van der Waals surface area contributed by atoms with Crippen molar-refractivity contribution in [3.63, 3.8) is 0 Å². The molecule has 5 rings (SSSR count). The molecule has 0 atom stereocenters. The van der Waals surface area contributed by atoms with Crippen LogP contribution in [-0.4, -0.2) is 70.0 Å². The molecule has 37 heavy (non-hydrogen) atoms. The monoisotopic (exact) mass is 494 g/mol. The van der Waals surface area contributed by atoms with Gasteiger partial charge in [0.2, 0.25) is 0 Å².